The number of nitrogens with one attached hydrogen (secondary N) is 1. The van der Waals surface area contributed by atoms with Gasteiger partial charge >= 0.3 is 0 Å². The Bertz CT molecular complexity index is 253. The van der Waals surface area contributed by atoms with Gasteiger partial charge in [0.1, 0.15) is 0 Å². The molecule has 0 atom stereocenters. The third kappa shape index (κ3) is 0.680. The summed E-state index contributed by atoms with van der Waals surface area (Å²) in [5, 5.41) is 9.99. The van der Waals surface area contributed by atoms with Crippen molar-refractivity contribution in [2.75, 3.05) is 0 Å². The Balaban J connectivity index is 2.48. The first-order valence-electron chi connectivity index (χ1n) is 2.72. The fourth-order valence-electron chi connectivity index (χ4n) is 0.671. The normalized spacial score (nSPS) is 10.0. The SMILES string of the molecule is c1nc(-c2cn[nH]c2)no1. The standard InChI is InChI=1S/C5H4N4O/c1-4(2-8-7-1)5-6-3-10-9-5/h1-3H,(H,7,8). The lowest BCUT2D eigenvalue weighted by atomic mass is 10.3. The number of nitrogens with zero attached hydrogens (tertiary/aromatic N) is 3. The average molecular weight is 136 g/mol. The van der Waals surface area contributed by atoms with E-state index >= 15 is 0 Å². The van der Waals surface area contributed by atoms with Gasteiger partial charge in [-0.15, -0.1) is 0 Å². The number of hydrogen-bond donors (Lipinski definition) is 1. The van der Waals surface area contributed by atoms with E-state index in [4.69, 9.17) is 0 Å². The molecule has 0 amide bonds. The molecular formula is C5H4N4O. The summed E-state index contributed by atoms with van der Waals surface area (Å²) in [6.45, 7) is 0. The Morgan fingerprint density at radius 2 is 2.50 bits per heavy atom. The minimum atomic E-state index is 0.550. The first kappa shape index (κ1) is 5.16. The van der Waals surface area contributed by atoms with E-state index < -0.39 is 0 Å². The zero-order valence-corrected chi connectivity index (χ0v) is 4.98. The fourth-order valence-corrected chi connectivity index (χ4v) is 0.671. The smallest absolute Gasteiger partial charge is 0.214 e. The highest BCUT2D eigenvalue weighted by atomic mass is 16.5. The van der Waals surface area contributed by atoms with Crippen LogP contribution in [0, 0.1) is 0 Å². The van der Waals surface area contributed by atoms with Crippen molar-refractivity contribution in [3.8, 4) is 11.4 Å². The topological polar surface area (TPSA) is 67.6 Å². The summed E-state index contributed by atoms with van der Waals surface area (Å²) >= 11 is 0. The minimum Gasteiger partial charge on any atom is -0.342 e. The molecule has 2 aromatic rings. The van der Waals surface area contributed by atoms with Gasteiger partial charge in [0.15, 0.2) is 0 Å². The second kappa shape index (κ2) is 1.94. The summed E-state index contributed by atoms with van der Waals surface area (Å²) in [7, 11) is 0. The molecule has 5 heteroatoms. The molecule has 0 aliphatic carbocycles. The zero-order chi connectivity index (χ0) is 6.81. The van der Waals surface area contributed by atoms with E-state index in [-0.39, 0.29) is 0 Å². The summed E-state index contributed by atoms with van der Waals surface area (Å²) in [5.74, 6) is 0.550. The van der Waals surface area contributed by atoms with Crippen LogP contribution in [0.4, 0.5) is 0 Å². The molecule has 0 bridgehead atoms. The summed E-state index contributed by atoms with van der Waals surface area (Å²) in [5.41, 5.74) is 0.828. The molecule has 50 valence electrons. The van der Waals surface area contributed by atoms with Crippen LogP contribution in [0.15, 0.2) is 23.3 Å². The van der Waals surface area contributed by atoms with Crippen LogP contribution in [-0.2, 0) is 0 Å². The molecule has 2 heterocycles. The molecule has 0 unspecified atom stereocenters. The van der Waals surface area contributed by atoms with Gasteiger partial charge < -0.3 is 4.52 Å². The highest BCUT2D eigenvalue weighted by Gasteiger charge is 2.01. The van der Waals surface area contributed by atoms with Crippen molar-refractivity contribution < 1.29 is 4.52 Å². The van der Waals surface area contributed by atoms with Gasteiger partial charge in [0.2, 0.25) is 12.2 Å². The molecule has 0 saturated carbocycles. The molecule has 1 N–H and O–H groups in total. The molecule has 0 aliphatic heterocycles. The van der Waals surface area contributed by atoms with E-state index in [1.54, 1.807) is 12.4 Å². The van der Waals surface area contributed by atoms with Gasteiger partial charge in [0.25, 0.3) is 0 Å². The third-order valence-electron chi connectivity index (χ3n) is 1.12. The Hall–Kier alpha value is -1.65. The molecule has 0 aromatic carbocycles. The van der Waals surface area contributed by atoms with Crippen LogP contribution in [0.25, 0.3) is 11.4 Å². The summed E-state index contributed by atoms with van der Waals surface area (Å²) in [4.78, 5) is 3.82. The van der Waals surface area contributed by atoms with Crippen molar-refractivity contribution in [1.82, 2.24) is 20.3 Å². The first-order valence-corrected chi connectivity index (χ1v) is 2.72. The van der Waals surface area contributed by atoms with Crippen molar-refractivity contribution in [2.45, 2.75) is 0 Å². The highest BCUT2D eigenvalue weighted by molar-refractivity contribution is 5.50. The van der Waals surface area contributed by atoms with Gasteiger partial charge in [-0.3, -0.25) is 5.10 Å². The molecule has 5 nitrogen and oxygen atoms in total. The molecule has 0 radical (unpaired) electrons. The Kier molecular flexibility index (Phi) is 1.00. The van der Waals surface area contributed by atoms with Crippen LogP contribution in [0.3, 0.4) is 0 Å². The predicted molar refractivity (Wildman–Crippen MR) is 31.9 cm³/mol. The average Bonchev–Trinajstić information content (AvgIpc) is 2.59. The van der Waals surface area contributed by atoms with Gasteiger partial charge in [-0.1, -0.05) is 5.16 Å². The lowest BCUT2D eigenvalue weighted by Gasteiger charge is -1.78. The van der Waals surface area contributed by atoms with Crippen LogP contribution in [-0.4, -0.2) is 20.3 Å². The van der Waals surface area contributed by atoms with E-state index in [0.717, 1.165) is 5.56 Å². The maximum absolute atomic E-state index is 4.54. The van der Waals surface area contributed by atoms with Gasteiger partial charge in [-0.2, -0.15) is 10.1 Å². The van der Waals surface area contributed by atoms with E-state index in [1.165, 1.54) is 6.39 Å². The first-order chi connectivity index (χ1) is 4.97. The van der Waals surface area contributed by atoms with Crippen molar-refractivity contribution >= 4 is 0 Å². The second-order valence-electron chi connectivity index (χ2n) is 1.74. The number of aromatic amines is 1. The summed E-state index contributed by atoms with van der Waals surface area (Å²) in [6.07, 6.45) is 4.61. The lowest BCUT2D eigenvalue weighted by Crippen LogP contribution is -1.73. The molecular weight excluding hydrogens is 132 g/mol. The summed E-state index contributed by atoms with van der Waals surface area (Å²) in [6, 6.07) is 0. The van der Waals surface area contributed by atoms with Gasteiger partial charge in [0, 0.05) is 6.20 Å². The lowest BCUT2D eigenvalue weighted by molar-refractivity contribution is 0.419. The van der Waals surface area contributed by atoms with E-state index in [0.29, 0.717) is 5.82 Å². The van der Waals surface area contributed by atoms with Crippen molar-refractivity contribution in [2.24, 2.45) is 0 Å². The quantitative estimate of drug-likeness (QED) is 0.618. The maximum atomic E-state index is 4.54. The second-order valence-corrected chi connectivity index (χ2v) is 1.74. The van der Waals surface area contributed by atoms with Crippen LogP contribution in [0.1, 0.15) is 0 Å². The van der Waals surface area contributed by atoms with Crippen molar-refractivity contribution in [3.05, 3.63) is 18.8 Å². The molecule has 0 spiro atoms. The molecule has 10 heavy (non-hydrogen) atoms. The van der Waals surface area contributed by atoms with Gasteiger partial charge in [-0.25, -0.2) is 0 Å². The fraction of sp³-hybridized carbons (Fsp3) is 0. The van der Waals surface area contributed by atoms with Gasteiger partial charge in [0.05, 0.1) is 11.8 Å². The van der Waals surface area contributed by atoms with E-state index in [1.807, 2.05) is 0 Å². The molecule has 2 aromatic heterocycles. The Morgan fingerprint density at radius 1 is 1.50 bits per heavy atom. The Labute approximate surface area is 56.1 Å². The van der Waals surface area contributed by atoms with Crippen LogP contribution in [0.5, 0.6) is 0 Å². The van der Waals surface area contributed by atoms with E-state index in [9.17, 15) is 0 Å². The van der Waals surface area contributed by atoms with Crippen LogP contribution < -0.4 is 0 Å². The van der Waals surface area contributed by atoms with Crippen molar-refractivity contribution in [1.29, 1.82) is 0 Å². The maximum Gasteiger partial charge on any atom is 0.214 e. The van der Waals surface area contributed by atoms with E-state index in [2.05, 4.69) is 24.9 Å². The molecule has 0 saturated heterocycles. The number of H-pyrrole nitrogens is 1. The summed E-state index contributed by atoms with van der Waals surface area (Å²) < 4.78 is 4.54. The monoisotopic (exact) mass is 136 g/mol. The number of hydrogen-bond acceptors (Lipinski definition) is 4. The number of rotatable bonds is 1. The third-order valence-corrected chi connectivity index (χ3v) is 1.12. The van der Waals surface area contributed by atoms with Crippen molar-refractivity contribution in [3.63, 3.8) is 0 Å². The minimum absolute atomic E-state index is 0.550. The Morgan fingerprint density at radius 3 is 3.10 bits per heavy atom. The number of aromatic nitrogens is 4. The molecule has 2 rings (SSSR count). The zero-order valence-electron chi connectivity index (χ0n) is 4.98. The largest absolute Gasteiger partial charge is 0.342 e. The molecule has 0 aliphatic rings. The predicted octanol–water partition coefficient (Wildman–Crippen LogP) is 0.460. The molecule has 0 fully saturated rings. The highest BCUT2D eigenvalue weighted by Crippen LogP contribution is 2.09. The van der Waals surface area contributed by atoms with Gasteiger partial charge in [-0.05, 0) is 0 Å². The van der Waals surface area contributed by atoms with Crippen LogP contribution in [0.2, 0.25) is 0 Å². The van der Waals surface area contributed by atoms with Crippen LogP contribution >= 0.6 is 0 Å².